The summed E-state index contributed by atoms with van der Waals surface area (Å²) in [6.07, 6.45) is 7.45. The number of amides is 2. The topological polar surface area (TPSA) is 83.4 Å². The van der Waals surface area contributed by atoms with Crippen molar-refractivity contribution in [3.05, 3.63) is 90.5 Å². The molecule has 1 N–H and O–H groups in total. The van der Waals surface area contributed by atoms with Crippen molar-refractivity contribution in [2.24, 2.45) is 0 Å². The molecule has 1 saturated heterocycles. The number of carbonyl (C=O) groups excluding carboxylic acids is 2. The van der Waals surface area contributed by atoms with Crippen LogP contribution in [-0.4, -0.2) is 56.8 Å². The van der Waals surface area contributed by atoms with Crippen molar-refractivity contribution in [2.45, 2.75) is 37.5 Å². The van der Waals surface area contributed by atoms with E-state index in [0.717, 1.165) is 48.1 Å². The summed E-state index contributed by atoms with van der Waals surface area (Å²) >= 11 is 1.42. The lowest BCUT2D eigenvalue weighted by atomic mass is 9.68. The third-order valence-electron chi connectivity index (χ3n) is 7.91. The third kappa shape index (κ3) is 5.31. The van der Waals surface area contributed by atoms with Crippen LogP contribution in [0.4, 0.5) is 15.6 Å². The van der Waals surface area contributed by atoms with Crippen molar-refractivity contribution >= 4 is 34.2 Å². The van der Waals surface area contributed by atoms with Crippen molar-refractivity contribution in [1.29, 1.82) is 0 Å². The molecule has 0 unspecified atom stereocenters. The van der Waals surface area contributed by atoms with Crippen LogP contribution in [0.1, 0.15) is 43.5 Å². The zero-order valence-corrected chi connectivity index (χ0v) is 22.6. The Balaban J connectivity index is 1.11. The molecule has 4 aromatic rings. The smallest absolute Gasteiger partial charge is 0.321 e. The molecule has 1 aliphatic carbocycles. The van der Waals surface area contributed by atoms with E-state index in [9.17, 15) is 9.59 Å². The highest BCUT2D eigenvalue weighted by Gasteiger charge is 2.41. The van der Waals surface area contributed by atoms with Crippen LogP contribution in [0.15, 0.2) is 79.1 Å². The molecule has 39 heavy (non-hydrogen) atoms. The average molecular weight is 541 g/mol. The van der Waals surface area contributed by atoms with E-state index in [1.807, 2.05) is 76.5 Å². The number of carbonyl (C=O) groups is 2. The first kappa shape index (κ1) is 25.3. The van der Waals surface area contributed by atoms with Crippen LogP contribution < -0.4 is 10.2 Å². The van der Waals surface area contributed by atoms with Crippen LogP contribution >= 0.6 is 11.5 Å². The summed E-state index contributed by atoms with van der Waals surface area (Å²) in [7, 11) is 0. The van der Waals surface area contributed by atoms with E-state index in [0.29, 0.717) is 38.3 Å². The van der Waals surface area contributed by atoms with Crippen LogP contribution in [0.3, 0.4) is 0 Å². The summed E-state index contributed by atoms with van der Waals surface area (Å²) < 4.78 is 6.87. The van der Waals surface area contributed by atoms with E-state index < -0.39 is 0 Å². The van der Waals surface area contributed by atoms with Crippen LogP contribution in [0.25, 0.3) is 5.69 Å². The molecule has 2 amide bonds. The van der Waals surface area contributed by atoms with Gasteiger partial charge in [0.15, 0.2) is 5.82 Å². The van der Waals surface area contributed by atoms with Gasteiger partial charge < -0.3 is 19.7 Å². The number of hydrogen-bond donors (Lipinski definition) is 1. The van der Waals surface area contributed by atoms with Gasteiger partial charge >= 0.3 is 6.03 Å². The SMILES string of the molecule is O=C1CCC(c2ccccc2)(c2nsc(N3CCCN(C(=O)Nc4ccc(-n5cccc5)cc4)CC3)n2)CC1. The normalized spacial score (nSPS) is 17.6. The number of rotatable bonds is 5. The van der Waals surface area contributed by atoms with Gasteiger partial charge in [-0.1, -0.05) is 30.3 Å². The lowest BCUT2D eigenvalue weighted by Crippen LogP contribution is -2.38. The van der Waals surface area contributed by atoms with Crippen LogP contribution in [-0.2, 0) is 10.2 Å². The van der Waals surface area contributed by atoms with E-state index in [1.165, 1.54) is 17.1 Å². The number of benzene rings is 2. The number of ketones is 1. The minimum atomic E-state index is -0.321. The van der Waals surface area contributed by atoms with Crippen molar-refractivity contribution in [3.63, 3.8) is 0 Å². The molecule has 0 bridgehead atoms. The Labute approximate surface area is 232 Å². The van der Waals surface area contributed by atoms with Crippen molar-refractivity contribution < 1.29 is 9.59 Å². The molecule has 1 aliphatic heterocycles. The first-order valence-corrected chi connectivity index (χ1v) is 14.3. The lowest BCUT2D eigenvalue weighted by Gasteiger charge is -2.35. The molecule has 0 radical (unpaired) electrons. The fourth-order valence-corrected chi connectivity index (χ4v) is 6.44. The molecule has 2 aromatic heterocycles. The Morgan fingerprint density at radius 3 is 2.36 bits per heavy atom. The third-order valence-corrected chi connectivity index (χ3v) is 8.68. The zero-order valence-electron chi connectivity index (χ0n) is 21.8. The maximum Gasteiger partial charge on any atom is 0.321 e. The van der Waals surface area contributed by atoms with Crippen molar-refractivity contribution in [3.8, 4) is 5.69 Å². The molecule has 200 valence electrons. The molecule has 1 saturated carbocycles. The highest BCUT2D eigenvalue weighted by atomic mass is 32.1. The van der Waals surface area contributed by atoms with E-state index >= 15 is 0 Å². The molecule has 0 atom stereocenters. The van der Waals surface area contributed by atoms with Gasteiger partial charge in [-0.15, -0.1) is 0 Å². The molecular weight excluding hydrogens is 508 g/mol. The van der Waals surface area contributed by atoms with Gasteiger partial charge in [-0.05, 0) is 61.2 Å². The second-order valence-electron chi connectivity index (χ2n) is 10.3. The molecule has 8 nitrogen and oxygen atoms in total. The molecule has 3 heterocycles. The minimum absolute atomic E-state index is 0.0848. The highest BCUT2D eigenvalue weighted by Crippen LogP contribution is 2.43. The van der Waals surface area contributed by atoms with Crippen LogP contribution in [0.2, 0.25) is 0 Å². The van der Waals surface area contributed by atoms with E-state index in [2.05, 4.69) is 22.3 Å². The predicted molar refractivity (Wildman–Crippen MR) is 154 cm³/mol. The first-order valence-electron chi connectivity index (χ1n) is 13.6. The fourth-order valence-electron chi connectivity index (χ4n) is 5.63. The molecule has 2 aromatic carbocycles. The molecule has 2 fully saturated rings. The van der Waals surface area contributed by atoms with Gasteiger partial charge in [0.1, 0.15) is 5.78 Å². The monoisotopic (exact) mass is 540 g/mol. The van der Waals surface area contributed by atoms with Gasteiger partial charge in [-0.2, -0.15) is 4.37 Å². The summed E-state index contributed by atoms with van der Waals surface area (Å²) in [5, 5.41) is 3.94. The minimum Gasteiger partial charge on any atom is -0.345 e. The van der Waals surface area contributed by atoms with Gasteiger partial charge in [0.25, 0.3) is 0 Å². The van der Waals surface area contributed by atoms with Crippen molar-refractivity contribution in [1.82, 2.24) is 18.8 Å². The first-order chi connectivity index (χ1) is 19.1. The number of anilines is 2. The predicted octanol–water partition coefficient (Wildman–Crippen LogP) is 5.50. The van der Waals surface area contributed by atoms with Gasteiger partial charge in [0.05, 0.1) is 5.41 Å². The molecular formula is C30H32N6O2S. The summed E-state index contributed by atoms with van der Waals surface area (Å²) in [4.78, 5) is 34.3. The summed E-state index contributed by atoms with van der Waals surface area (Å²) in [6, 6.07) is 22.1. The quantitative estimate of drug-likeness (QED) is 0.361. The molecule has 6 rings (SSSR count). The average Bonchev–Trinajstić information content (AvgIpc) is 3.64. The van der Waals surface area contributed by atoms with E-state index in [-0.39, 0.29) is 11.4 Å². The van der Waals surface area contributed by atoms with Gasteiger partial charge in [-0.25, -0.2) is 9.78 Å². The second-order valence-corrected chi connectivity index (χ2v) is 11.0. The van der Waals surface area contributed by atoms with Crippen molar-refractivity contribution in [2.75, 3.05) is 36.4 Å². The Hall–Kier alpha value is -3.98. The second kappa shape index (κ2) is 11.0. The number of nitrogens with one attached hydrogen (secondary N) is 1. The van der Waals surface area contributed by atoms with Gasteiger partial charge in [0, 0.05) is 74.3 Å². The Kier molecular flexibility index (Phi) is 7.15. The van der Waals surface area contributed by atoms with Crippen LogP contribution in [0, 0.1) is 0 Å². The number of nitrogens with zero attached hydrogens (tertiary/aromatic N) is 5. The number of hydrogen-bond acceptors (Lipinski definition) is 6. The Morgan fingerprint density at radius 1 is 0.872 bits per heavy atom. The number of aromatic nitrogens is 3. The van der Waals surface area contributed by atoms with Crippen LogP contribution in [0.5, 0.6) is 0 Å². The van der Waals surface area contributed by atoms with Gasteiger partial charge in [0.2, 0.25) is 5.13 Å². The maximum atomic E-state index is 13.1. The maximum absolute atomic E-state index is 13.1. The Bertz CT molecular complexity index is 1410. The Morgan fingerprint density at radius 2 is 1.62 bits per heavy atom. The largest absolute Gasteiger partial charge is 0.345 e. The summed E-state index contributed by atoms with van der Waals surface area (Å²) in [5.74, 6) is 1.14. The lowest BCUT2D eigenvalue weighted by molar-refractivity contribution is -0.121. The fraction of sp³-hybridized carbons (Fsp3) is 0.333. The standard InChI is InChI=1S/C30H32N6O2S/c37-26-13-15-30(16-14-26,23-7-2-1-3-8-23)27-32-29(39-33-27)36-20-6-19-35(21-22-36)28(38)31-24-9-11-25(12-10-24)34-17-4-5-18-34/h1-5,7-12,17-18H,6,13-16,19-22H2,(H,31,38). The molecule has 0 spiro atoms. The summed E-state index contributed by atoms with van der Waals surface area (Å²) in [5.41, 5.74) is 2.69. The summed E-state index contributed by atoms with van der Waals surface area (Å²) in [6.45, 7) is 2.82. The molecule has 9 heteroatoms. The van der Waals surface area contributed by atoms with Gasteiger partial charge in [-0.3, -0.25) is 4.79 Å². The van der Waals surface area contributed by atoms with E-state index in [4.69, 9.17) is 9.36 Å². The zero-order chi connectivity index (χ0) is 26.7. The molecule has 2 aliphatic rings. The number of Topliss-reactive ketones (excluding diaryl/α,β-unsaturated/α-hetero) is 1. The van der Waals surface area contributed by atoms with E-state index in [1.54, 1.807) is 0 Å². The highest BCUT2D eigenvalue weighted by molar-refractivity contribution is 7.09. The number of urea groups is 1.